The fourth-order valence-electron chi connectivity index (χ4n) is 1.15. The highest BCUT2D eigenvalue weighted by atomic mass is 32.2. The molecule has 0 spiro atoms. The molecule has 6 nitrogen and oxygen atoms in total. The van der Waals surface area contributed by atoms with Crippen LogP contribution in [-0.4, -0.2) is 39.8 Å². The zero-order chi connectivity index (χ0) is 12.9. The molecule has 7 heteroatoms. The highest BCUT2D eigenvalue weighted by molar-refractivity contribution is 7.89. The van der Waals surface area contributed by atoms with E-state index in [9.17, 15) is 13.2 Å². The number of aliphatic hydroxyl groups excluding tert-OH is 1. The minimum absolute atomic E-state index is 0.0265. The van der Waals surface area contributed by atoms with Gasteiger partial charge in [0.2, 0.25) is 10.0 Å². The normalized spacial score (nSPS) is 11.2. The van der Waals surface area contributed by atoms with Gasteiger partial charge in [-0.25, -0.2) is 17.9 Å². The molecule has 94 valence electrons. The molecule has 0 amide bonds. The second-order valence-corrected chi connectivity index (χ2v) is 4.90. The lowest BCUT2D eigenvalue weighted by Crippen LogP contribution is -2.26. The largest absolute Gasteiger partial charge is 0.465 e. The molecule has 0 saturated carbocycles. The van der Waals surface area contributed by atoms with E-state index in [2.05, 4.69) is 9.46 Å². The fourth-order valence-corrected chi connectivity index (χ4v) is 2.17. The second kappa shape index (κ2) is 5.76. The smallest absolute Gasteiger partial charge is 0.337 e. The zero-order valence-electron chi connectivity index (χ0n) is 9.21. The Morgan fingerprint density at radius 2 is 1.94 bits per heavy atom. The summed E-state index contributed by atoms with van der Waals surface area (Å²) in [4.78, 5) is 11.2. The summed E-state index contributed by atoms with van der Waals surface area (Å²) in [6.45, 7) is -0.333. The molecule has 1 rings (SSSR count). The summed E-state index contributed by atoms with van der Waals surface area (Å²) in [5, 5.41) is 8.54. The van der Waals surface area contributed by atoms with E-state index in [0.717, 1.165) is 0 Å². The van der Waals surface area contributed by atoms with Crippen LogP contribution in [0.3, 0.4) is 0 Å². The van der Waals surface area contributed by atoms with Gasteiger partial charge in [-0.1, -0.05) is 0 Å². The molecule has 0 heterocycles. The van der Waals surface area contributed by atoms with Gasteiger partial charge in [-0.05, 0) is 24.3 Å². The number of carbonyl (C=O) groups excluding carboxylic acids is 1. The van der Waals surface area contributed by atoms with Crippen molar-refractivity contribution in [1.29, 1.82) is 0 Å². The van der Waals surface area contributed by atoms with Gasteiger partial charge >= 0.3 is 5.97 Å². The number of nitrogens with one attached hydrogen (secondary N) is 1. The summed E-state index contributed by atoms with van der Waals surface area (Å²) in [5.74, 6) is -0.530. The summed E-state index contributed by atoms with van der Waals surface area (Å²) in [7, 11) is -2.39. The summed E-state index contributed by atoms with van der Waals surface area (Å²) < 4.78 is 29.9. The van der Waals surface area contributed by atoms with Gasteiger partial charge in [0.05, 0.1) is 24.2 Å². The summed E-state index contributed by atoms with van der Waals surface area (Å²) in [6.07, 6.45) is 0. The molecule has 0 aliphatic carbocycles. The molecule has 0 unspecified atom stereocenters. The first-order valence-corrected chi connectivity index (χ1v) is 6.28. The molecule has 0 radical (unpaired) electrons. The number of hydrogen-bond acceptors (Lipinski definition) is 5. The molecule has 0 fully saturated rings. The Hall–Kier alpha value is -1.44. The number of ether oxygens (including phenoxy) is 1. The van der Waals surface area contributed by atoms with Crippen LogP contribution in [0.4, 0.5) is 0 Å². The predicted octanol–water partition coefficient (Wildman–Crippen LogP) is -0.256. The number of sulfonamides is 1. The molecule has 1 aromatic rings. The zero-order valence-corrected chi connectivity index (χ0v) is 10.0. The molecular weight excluding hydrogens is 246 g/mol. The van der Waals surface area contributed by atoms with E-state index in [4.69, 9.17) is 5.11 Å². The van der Waals surface area contributed by atoms with Crippen molar-refractivity contribution >= 4 is 16.0 Å². The molecule has 0 aromatic heterocycles. The van der Waals surface area contributed by atoms with Crippen molar-refractivity contribution in [2.45, 2.75) is 4.90 Å². The molecule has 0 saturated heterocycles. The molecule has 0 aliphatic rings. The van der Waals surface area contributed by atoms with Gasteiger partial charge in [-0.15, -0.1) is 0 Å². The second-order valence-electron chi connectivity index (χ2n) is 3.14. The molecule has 17 heavy (non-hydrogen) atoms. The molecule has 0 bridgehead atoms. The van der Waals surface area contributed by atoms with Gasteiger partial charge in [0, 0.05) is 6.54 Å². The van der Waals surface area contributed by atoms with E-state index in [1.54, 1.807) is 0 Å². The van der Waals surface area contributed by atoms with Gasteiger partial charge in [0.1, 0.15) is 0 Å². The average Bonchev–Trinajstić information content (AvgIpc) is 2.35. The first-order valence-electron chi connectivity index (χ1n) is 4.80. The van der Waals surface area contributed by atoms with Crippen LogP contribution in [0.5, 0.6) is 0 Å². The Balaban J connectivity index is 2.91. The number of esters is 1. The molecule has 0 atom stereocenters. The van der Waals surface area contributed by atoms with Crippen LogP contribution in [0.15, 0.2) is 29.2 Å². The molecular formula is C10H13NO5S. The number of carbonyl (C=O) groups is 1. The highest BCUT2D eigenvalue weighted by Gasteiger charge is 2.14. The highest BCUT2D eigenvalue weighted by Crippen LogP contribution is 2.10. The van der Waals surface area contributed by atoms with Crippen LogP contribution in [-0.2, 0) is 14.8 Å². The quantitative estimate of drug-likeness (QED) is 0.711. The van der Waals surface area contributed by atoms with Crippen LogP contribution in [0, 0.1) is 0 Å². The minimum atomic E-state index is -3.63. The van der Waals surface area contributed by atoms with Gasteiger partial charge in [0.15, 0.2) is 0 Å². The molecule has 2 N–H and O–H groups in total. The Bertz CT molecular complexity index is 480. The Morgan fingerprint density at radius 3 is 2.41 bits per heavy atom. The van der Waals surface area contributed by atoms with Crippen molar-refractivity contribution in [3.05, 3.63) is 29.8 Å². The number of benzene rings is 1. The van der Waals surface area contributed by atoms with Crippen LogP contribution in [0.1, 0.15) is 10.4 Å². The Labute approximate surface area is 99.3 Å². The standard InChI is InChI=1S/C10H13NO5S/c1-16-10(13)8-2-4-9(5-3-8)17(14,15)11-6-7-12/h2-5,11-12H,6-7H2,1H3. The fraction of sp³-hybridized carbons (Fsp3) is 0.300. The van der Waals surface area contributed by atoms with E-state index >= 15 is 0 Å². The first kappa shape index (κ1) is 13.6. The number of rotatable bonds is 5. The van der Waals surface area contributed by atoms with Gasteiger partial charge in [0.25, 0.3) is 0 Å². The van der Waals surface area contributed by atoms with Gasteiger partial charge < -0.3 is 9.84 Å². The predicted molar refractivity (Wildman–Crippen MR) is 60.1 cm³/mol. The minimum Gasteiger partial charge on any atom is -0.465 e. The van der Waals surface area contributed by atoms with Gasteiger partial charge in [-0.2, -0.15) is 0 Å². The van der Waals surface area contributed by atoms with Crippen molar-refractivity contribution in [3.8, 4) is 0 Å². The van der Waals surface area contributed by atoms with Gasteiger partial charge in [-0.3, -0.25) is 0 Å². The monoisotopic (exact) mass is 259 g/mol. The topological polar surface area (TPSA) is 92.7 Å². The maximum Gasteiger partial charge on any atom is 0.337 e. The molecule has 0 aliphatic heterocycles. The third-order valence-electron chi connectivity index (χ3n) is 1.99. The summed E-state index contributed by atoms with van der Waals surface area (Å²) in [5.41, 5.74) is 0.272. The number of methoxy groups -OCH3 is 1. The van der Waals surface area contributed by atoms with E-state index in [1.165, 1.54) is 31.4 Å². The van der Waals surface area contributed by atoms with Crippen molar-refractivity contribution in [3.63, 3.8) is 0 Å². The van der Waals surface area contributed by atoms with Crippen LogP contribution >= 0.6 is 0 Å². The third kappa shape index (κ3) is 3.52. The Morgan fingerprint density at radius 1 is 1.35 bits per heavy atom. The van der Waals surface area contributed by atoms with Crippen molar-refractivity contribution in [2.24, 2.45) is 0 Å². The lowest BCUT2D eigenvalue weighted by Gasteiger charge is -2.05. The first-order chi connectivity index (χ1) is 8.01. The lowest BCUT2D eigenvalue weighted by atomic mass is 10.2. The SMILES string of the molecule is COC(=O)c1ccc(S(=O)(=O)NCCO)cc1. The van der Waals surface area contributed by atoms with E-state index in [0.29, 0.717) is 0 Å². The Kier molecular flexibility index (Phi) is 4.62. The maximum absolute atomic E-state index is 11.6. The lowest BCUT2D eigenvalue weighted by molar-refractivity contribution is 0.0600. The summed E-state index contributed by atoms with van der Waals surface area (Å²) in [6, 6.07) is 5.32. The summed E-state index contributed by atoms with van der Waals surface area (Å²) >= 11 is 0. The van der Waals surface area contributed by atoms with Crippen molar-refractivity contribution in [2.75, 3.05) is 20.3 Å². The van der Waals surface area contributed by atoms with E-state index in [-0.39, 0.29) is 23.6 Å². The average molecular weight is 259 g/mol. The maximum atomic E-state index is 11.6. The van der Waals surface area contributed by atoms with Crippen LogP contribution < -0.4 is 4.72 Å². The number of hydrogen-bond donors (Lipinski definition) is 2. The molecule has 1 aromatic carbocycles. The van der Waals surface area contributed by atoms with Crippen LogP contribution in [0.25, 0.3) is 0 Å². The van der Waals surface area contributed by atoms with E-state index < -0.39 is 16.0 Å². The third-order valence-corrected chi connectivity index (χ3v) is 3.47. The van der Waals surface area contributed by atoms with Crippen LogP contribution in [0.2, 0.25) is 0 Å². The van der Waals surface area contributed by atoms with E-state index in [1.807, 2.05) is 0 Å². The van der Waals surface area contributed by atoms with Crippen molar-refractivity contribution < 1.29 is 23.1 Å². The van der Waals surface area contributed by atoms with Crippen molar-refractivity contribution in [1.82, 2.24) is 4.72 Å². The number of aliphatic hydroxyl groups is 1.